The molecule has 0 spiro atoms. The van der Waals surface area contributed by atoms with Gasteiger partial charge in [0.1, 0.15) is 11.3 Å². The largest absolute Gasteiger partial charge is 0.484 e. The molecule has 0 aliphatic rings. The van der Waals surface area contributed by atoms with E-state index in [-0.39, 0.29) is 18.9 Å². The highest BCUT2D eigenvalue weighted by Gasteiger charge is 2.09. The molecule has 6 nitrogen and oxygen atoms in total. The van der Waals surface area contributed by atoms with Gasteiger partial charge in [0.25, 0.3) is 5.91 Å². The summed E-state index contributed by atoms with van der Waals surface area (Å²) >= 11 is 0. The molecule has 0 N–H and O–H groups in total. The molecule has 2 aromatic rings. The van der Waals surface area contributed by atoms with Crippen LogP contribution in [0.3, 0.4) is 0 Å². The predicted octanol–water partition coefficient (Wildman–Crippen LogP) is 1.54. The summed E-state index contributed by atoms with van der Waals surface area (Å²) in [4.78, 5) is 24.3. The van der Waals surface area contributed by atoms with E-state index in [1.807, 2.05) is 6.07 Å². The molecule has 0 fully saturated rings. The number of benzene rings is 1. The van der Waals surface area contributed by atoms with Crippen LogP contribution >= 0.6 is 0 Å². The van der Waals surface area contributed by atoms with Crippen molar-refractivity contribution < 1.29 is 13.9 Å². The van der Waals surface area contributed by atoms with E-state index in [1.165, 1.54) is 11.0 Å². The van der Waals surface area contributed by atoms with Crippen molar-refractivity contribution in [1.82, 2.24) is 4.90 Å². The van der Waals surface area contributed by atoms with E-state index in [0.717, 1.165) is 5.39 Å². The van der Waals surface area contributed by atoms with E-state index < -0.39 is 5.63 Å². The second kappa shape index (κ2) is 6.57. The van der Waals surface area contributed by atoms with Crippen LogP contribution in [0.2, 0.25) is 0 Å². The van der Waals surface area contributed by atoms with Gasteiger partial charge in [-0.05, 0) is 18.2 Å². The number of carbonyl (C=O) groups is 1. The van der Waals surface area contributed by atoms with Gasteiger partial charge in [-0.1, -0.05) is 0 Å². The monoisotopic (exact) mass is 286 g/mol. The zero-order valence-corrected chi connectivity index (χ0v) is 11.5. The van der Waals surface area contributed by atoms with Crippen LogP contribution in [0.4, 0.5) is 0 Å². The van der Waals surface area contributed by atoms with Crippen molar-refractivity contribution >= 4 is 16.9 Å². The lowest BCUT2D eigenvalue weighted by Gasteiger charge is -2.15. The third kappa shape index (κ3) is 3.83. The third-order valence-electron chi connectivity index (χ3n) is 2.94. The number of fused-ring (bicyclic) bond motifs is 1. The van der Waals surface area contributed by atoms with Crippen LogP contribution < -0.4 is 10.4 Å². The number of carbonyl (C=O) groups excluding carboxylic acids is 1. The summed E-state index contributed by atoms with van der Waals surface area (Å²) in [6, 6.07) is 9.99. The zero-order valence-electron chi connectivity index (χ0n) is 11.5. The molecule has 2 rings (SSSR count). The number of hydrogen-bond acceptors (Lipinski definition) is 5. The molecule has 0 aliphatic heterocycles. The van der Waals surface area contributed by atoms with Crippen LogP contribution in [0, 0.1) is 11.3 Å². The van der Waals surface area contributed by atoms with Gasteiger partial charge in [-0.2, -0.15) is 5.26 Å². The molecule has 0 radical (unpaired) electrons. The second-order valence-electron chi connectivity index (χ2n) is 4.47. The molecular formula is C15H14N2O4. The van der Waals surface area contributed by atoms with Gasteiger partial charge in [-0.25, -0.2) is 4.79 Å². The number of ether oxygens (including phenoxy) is 1. The Morgan fingerprint density at radius 2 is 2.14 bits per heavy atom. The molecule has 0 unspecified atom stereocenters. The maximum Gasteiger partial charge on any atom is 0.336 e. The van der Waals surface area contributed by atoms with Crippen molar-refractivity contribution in [1.29, 1.82) is 5.26 Å². The van der Waals surface area contributed by atoms with E-state index in [1.54, 1.807) is 31.3 Å². The van der Waals surface area contributed by atoms with E-state index in [2.05, 4.69) is 0 Å². The SMILES string of the molecule is CN(CCC#N)C(=O)COc1ccc2ccc(=O)oc2c1. The average Bonchev–Trinajstić information content (AvgIpc) is 2.49. The normalized spacial score (nSPS) is 10.1. The quantitative estimate of drug-likeness (QED) is 0.778. The Hall–Kier alpha value is -2.81. The van der Waals surface area contributed by atoms with Gasteiger partial charge >= 0.3 is 5.63 Å². The minimum atomic E-state index is -0.438. The maximum absolute atomic E-state index is 11.8. The van der Waals surface area contributed by atoms with E-state index >= 15 is 0 Å². The van der Waals surface area contributed by atoms with Gasteiger partial charge in [-0.15, -0.1) is 0 Å². The van der Waals surface area contributed by atoms with Crippen LogP contribution in [0.1, 0.15) is 6.42 Å². The first kappa shape index (κ1) is 14.6. The highest BCUT2D eigenvalue weighted by molar-refractivity contribution is 5.79. The fraction of sp³-hybridized carbons (Fsp3) is 0.267. The number of nitriles is 1. The molecular weight excluding hydrogens is 272 g/mol. The number of hydrogen-bond donors (Lipinski definition) is 0. The Bertz CT molecular complexity index is 745. The smallest absolute Gasteiger partial charge is 0.336 e. The molecule has 1 aromatic carbocycles. The molecule has 0 saturated heterocycles. The summed E-state index contributed by atoms with van der Waals surface area (Å²) in [5, 5.41) is 9.25. The van der Waals surface area contributed by atoms with Crippen molar-refractivity contribution in [2.45, 2.75) is 6.42 Å². The summed E-state index contributed by atoms with van der Waals surface area (Å²) in [6.07, 6.45) is 0.281. The van der Waals surface area contributed by atoms with E-state index in [4.69, 9.17) is 14.4 Å². The molecule has 21 heavy (non-hydrogen) atoms. The predicted molar refractivity (Wildman–Crippen MR) is 75.8 cm³/mol. The molecule has 0 atom stereocenters. The molecule has 108 valence electrons. The fourth-order valence-electron chi connectivity index (χ4n) is 1.73. The van der Waals surface area contributed by atoms with Gasteiger partial charge in [0.2, 0.25) is 0 Å². The molecule has 1 aromatic heterocycles. The highest BCUT2D eigenvalue weighted by Crippen LogP contribution is 2.19. The lowest BCUT2D eigenvalue weighted by molar-refractivity contribution is -0.131. The van der Waals surface area contributed by atoms with Crippen LogP contribution in [0.5, 0.6) is 5.75 Å². The van der Waals surface area contributed by atoms with Crippen LogP contribution in [-0.4, -0.2) is 31.0 Å². The summed E-state index contributed by atoms with van der Waals surface area (Å²) < 4.78 is 10.4. The standard InChI is InChI=1S/C15H14N2O4/c1-17(8-2-7-16)14(18)10-20-12-5-3-11-4-6-15(19)21-13(11)9-12/h3-6,9H,2,8,10H2,1H3. The fourth-order valence-corrected chi connectivity index (χ4v) is 1.73. The van der Waals surface area contributed by atoms with Crippen LogP contribution in [0.25, 0.3) is 11.0 Å². The first-order chi connectivity index (χ1) is 10.1. The van der Waals surface area contributed by atoms with Crippen LogP contribution in [0.15, 0.2) is 39.5 Å². The number of amides is 1. The average molecular weight is 286 g/mol. The van der Waals surface area contributed by atoms with Gasteiger partial charge < -0.3 is 14.1 Å². The van der Waals surface area contributed by atoms with Crippen molar-refractivity contribution in [2.24, 2.45) is 0 Å². The van der Waals surface area contributed by atoms with Crippen LogP contribution in [-0.2, 0) is 4.79 Å². The number of nitrogens with zero attached hydrogens (tertiary/aromatic N) is 2. The summed E-state index contributed by atoms with van der Waals surface area (Å²) in [5.41, 5.74) is -0.0303. The van der Waals surface area contributed by atoms with Gasteiger partial charge in [0.05, 0.1) is 12.5 Å². The Kier molecular flexibility index (Phi) is 4.57. The molecule has 0 bridgehead atoms. The lowest BCUT2D eigenvalue weighted by atomic mass is 10.2. The van der Waals surface area contributed by atoms with Crippen molar-refractivity contribution in [3.05, 3.63) is 40.8 Å². The van der Waals surface area contributed by atoms with Crippen molar-refractivity contribution in [3.8, 4) is 11.8 Å². The van der Waals surface area contributed by atoms with Crippen molar-refractivity contribution in [2.75, 3.05) is 20.2 Å². The first-order valence-corrected chi connectivity index (χ1v) is 6.38. The number of likely N-dealkylation sites (N-methyl/N-ethyl adjacent to an activating group) is 1. The summed E-state index contributed by atoms with van der Waals surface area (Å²) in [7, 11) is 1.61. The van der Waals surface area contributed by atoms with Gasteiger partial charge in [-0.3, -0.25) is 4.79 Å². The Morgan fingerprint density at radius 3 is 2.90 bits per heavy atom. The summed E-state index contributed by atoms with van der Waals surface area (Å²) in [5.74, 6) is 0.221. The minimum Gasteiger partial charge on any atom is -0.484 e. The topological polar surface area (TPSA) is 83.5 Å². The number of rotatable bonds is 5. The first-order valence-electron chi connectivity index (χ1n) is 6.38. The lowest BCUT2D eigenvalue weighted by Crippen LogP contribution is -2.32. The maximum atomic E-state index is 11.8. The second-order valence-corrected chi connectivity index (χ2v) is 4.47. The molecule has 1 amide bonds. The molecule has 1 heterocycles. The highest BCUT2D eigenvalue weighted by atomic mass is 16.5. The zero-order chi connectivity index (χ0) is 15.2. The molecule has 0 aliphatic carbocycles. The third-order valence-corrected chi connectivity index (χ3v) is 2.94. The van der Waals surface area contributed by atoms with E-state index in [9.17, 15) is 9.59 Å². The van der Waals surface area contributed by atoms with Gasteiger partial charge in [0.15, 0.2) is 6.61 Å². The minimum absolute atomic E-state index is 0.134. The van der Waals surface area contributed by atoms with E-state index in [0.29, 0.717) is 17.9 Å². The Morgan fingerprint density at radius 1 is 1.38 bits per heavy atom. The Balaban J connectivity index is 2.02. The Labute approximate surface area is 121 Å². The molecule has 6 heteroatoms. The summed E-state index contributed by atoms with van der Waals surface area (Å²) in [6.45, 7) is 0.232. The van der Waals surface area contributed by atoms with Crippen molar-refractivity contribution in [3.63, 3.8) is 0 Å². The molecule has 0 saturated carbocycles. The van der Waals surface area contributed by atoms with Gasteiger partial charge in [0, 0.05) is 31.1 Å².